The van der Waals surface area contributed by atoms with Crippen molar-refractivity contribution in [1.82, 2.24) is 19.6 Å². The molecule has 5 nitrogen and oxygen atoms in total. The molecule has 3 aromatic heterocycles. The molecule has 8 heteroatoms. The van der Waals surface area contributed by atoms with E-state index in [4.69, 9.17) is 0 Å². The largest absolute Gasteiger partial charge is 0.347 e. The molecule has 1 unspecified atom stereocenters. The smallest absolute Gasteiger partial charge is 0.214 e. The van der Waals surface area contributed by atoms with Crippen molar-refractivity contribution in [2.45, 2.75) is 6.04 Å². The van der Waals surface area contributed by atoms with Gasteiger partial charge in [0.05, 0.1) is 11.9 Å². The molecule has 0 saturated carbocycles. The SMILES string of the molecule is Fc1ccc(-c2cn3nc(NC(c4ccccc4)c4nccs4)sc3n2)cc1. The van der Waals surface area contributed by atoms with Gasteiger partial charge < -0.3 is 5.32 Å². The molecular formula is C20H14FN5S2. The zero-order chi connectivity index (χ0) is 18.9. The van der Waals surface area contributed by atoms with E-state index in [-0.39, 0.29) is 11.9 Å². The van der Waals surface area contributed by atoms with Gasteiger partial charge in [0.15, 0.2) is 0 Å². The minimum atomic E-state index is -0.261. The van der Waals surface area contributed by atoms with Crippen molar-refractivity contribution in [3.63, 3.8) is 0 Å². The summed E-state index contributed by atoms with van der Waals surface area (Å²) >= 11 is 3.07. The van der Waals surface area contributed by atoms with E-state index >= 15 is 0 Å². The summed E-state index contributed by atoms with van der Waals surface area (Å²) in [6.07, 6.45) is 3.66. The Labute approximate surface area is 168 Å². The number of imidazole rings is 1. The number of nitrogens with zero attached hydrogens (tertiary/aromatic N) is 4. The van der Waals surface area contributed by atoms with E-state index in [1.807, 2.05) is 29.8 Å². The number of thiazole rings is 1. The van der Waals surface area contributed by atoms with Gasteiger partial charge >= 0.3 is 0 Å². The maximum absolute atomic E-state index is 13.1. The van der Waals surface area contributed by atoms with Gasteiger partial charge in [-0.2, -0.15) is 0 Å². The summed E-state index contributed by atoms with van der Waals surface area (Å²) in [5.41, 5.74) is 2.75. The summed E-state index contributed by atoms with van der Waals surface area (Å²) in [4.78, 5) is 9.86. The fourth-order valence-electron chi connectivity index (χ4n) is 2.95. The highest BCUT2D eigenvalue weighted by Crippen LogP contribution is 2.31. The van der Waals surface area contributed by atoms with E-state index in [0.29, 0.717) is 0 Å². The first kappa shape index (κ1) is 17.0. The minimum absolute atomic E-state index is 0.0753. The Balaban J connectivity index is 1.45. The molecule has 0 radical (unpaired) electrons. The molecule has 1 atom stereocenters. The average Bonchev–Trinajstić information content (AvgIpc) is 3.44. The van der Waals surface area contributed by atoms with E-state index in [1.165, 1.54) is 23.5 Å². The third kappa shape index (κ3) is 3.28. The number of halogens is 1. The highest BCUT2D eigenvalue weighted by molar-refractivity contribution is 7.20. The Hall–Kier alpha value is -3.10. The number of benzene rings is 2. The van der Waals surface area contributed by atoms with Crippen LogP contribution >= 0.6 is 22.7 Å². The zero-order valence-electron chi connectivity index (χ0n) is 14.5. The van der Waals surface area contributed by atoms with Gasteiger partial charge in [-0.1, -0.05) is 41.7 Å². The number of aromatic nitrogens is 4. The van der Waals surface area contributed by atoms with Gasteiger partial charge in [0, 0.05) is 17.1 Å². The maximum Gasteiger partial charge on any atom is 0.214 e. The van der Waals surface area contributed by atoms with Gasteiger partial charge in [-0.3, -0.25) is 0 Å². The van der Waals surface area contributed by atoms with Gasteiger partial charge in [-0.05, 0) is 29.8 Å². The van der Waals surface area contributed by atoms with Gasteiger partial charge in [-0.15, -0.1) is 16.4 Å². The molecule has 0 amide bonds. The Morgan fingerprint density at radius 1 is 1.04 bits per heavy atom. The normalized spacial score (nSPS) is 12.3. The molecule has 5 rings (SSSR count). The van der Waals surface area contributed by atoms with Crippen LogP contribution in [-0.4, -0.2) is 19.6 Å². The van der Waals surface area contributed by atoms with Crippen molar-refractivity contribution < 1.29 is 4.39 Å². The van der Waals surface area contributed by atoms with Crippen LogP contribution in [0.2, 0.25) is 0 Å². The van der Waals surface area contributed by atoms with E-state index in [2.05, 4.69) is 32.5 Å². The molecule has 28 heavy (non-hydrogen) atoms. The summed E-state index contributed by atoms with van der Waals surface area (Å²) in [5.74, 6) is -0.261. The number of nitrogens with one attached hydrogen (secondary N) is 1. The average molecular weight is 407 g/mol. The van der Waals surface area contributed by atoms with Gasteiger partial charge in [-0.25, -0.2) is 18.9 Å². The summed E-state index contributed by atoms with van der Waals surface area (Å²) in [6.45, 7) is 0. The van der Waals surface area contributed by atoms with Crippen LogP contribution in [0, 0.1) is 5.82 Å². The first-order valence-electron chi connectivity index (χ1n) is 8.59. The number of rotatable bonds is 5. The number of fused-ring (bicyclic) bond motifs is 1. The van der Waals surface area contributed by atoms with Crippen LogP contribution in [0.15, 0.2) is 72.4 Å². The predicted molar refractivity (Wildman–Crippen MR) is 110 cm³/mol. The van der Waals surface area contributed by atoms with E-state index in [1.54, 1.807) is 34.2 Å². The lowest BCUT2D eigenvalue weighted by molar-refractivity contribution is 0.628. The second-order valence-electron chi connectivity index (χ2n) is 6.13. The summed E-state index contributed by atoms with van der Waals surface area (Å²) in [6, 6.07) is 16.4. The third-order valence-corrected chi connectivity index (χ3v) is 5.98. The van der Waals surface area contributed by atoms with Crippen LogP contribution in [0.5, 0.6) is 0 Å². The van der Waals surface area contributed by atoms with Crippen molar-refractivity contribution in [1.29, 1.82) is 0 Å². The van der Waals surface area contributed by atoms with E-state index < -0.39 is 0 Å². The fourth-order valence-corrected chi connectivity index (χ4v) is 4.48. The van der Waals surface area contributed by atoms with Crippen molar-refractivity contribution in [3.05, 3.63) is 88.8 Å². The second kappa shape index (κ2) is 7.14. The molecule has 0 aliphatic rings. The maximum atomic E-state index is 13.1. The highest BCUT2D eigenvalue weighted by Gasteiger charge is 2.19. The van der Waals surface area contributed by atoms with E-state index in [9.17, 15) is 4.39 Å². The van der Waals surface area contributed by atoms with Gasteiger partial charge in [0.1, 0.15) is 16.9 Å². The molecule has 0 fully saturated rings. The Kier molecular flexibility index (Phi) is 4.34. The standard InChI is InChI=1S/C20H14FN5S2/c21-15-8-6-13(7-9-15)16-12-26-20(23-16)28-19(25-26)24-17(18-22-10-11-27-18)14-4-2-1-3-5-14/h1-12,17H,(H,24,25). The molecule has 0 spiro atoms. The quantitative estimate of drug-likeness (QED) is 0.432. The van der Waals surface area contributed by atoms with Crippen LogP contribution in [-0.2, 0) is 0 Å². The van der Waals surface area contributed by atoms with E-state index in [0.717, 1.165) is 31.9 Å². The minimum Gasteiger partial charge on any atom is -0.347 e. The molecule has 0 aliphatic heterocycles. The summed E-state index contributed by atoms with van der Waals surface area (Å²) in [5, 5.41) is 11.8. The zero-order valence-corrected chi connectivity index (χ0v) is 16.1. The molecule has 0 bridgehead atoms. The number of anilines is 1. The van der Waals surface area contributed by atoms with Crippen molar-refractivity contribution in [3.8, 4) is 11.3 Å². The molecule has 1 N–H and O–H groups in total. The molecule has 5 aromatic rings. The Morgan fingerprint density at radius 3 is 2.57 bits per heavy atom. The molecule has 2 aromatic carbocycles. The van der Waals surface area contributed by atoms with Gasteiger partial charge in [0.2, 0.25) is 10.1 Å². The Morgan fingerprint density at radius 2 is 1.86 bits per heavy atom. The lowest BCUT2D eigenvalue weighted by Crippen LogP contribution is -2.12. The van der Waals surface area contributed by atoms with Crippen molar-refractivity contribution >= 4 is 32.8 Å². The monoisotopic (exact) mass is 407 g/mol. The molecule has 0 aliphatic carbocycles. The molecule has 138 valence electrons. The van der Waals surface area contributed by atoms with Crippen LogP contribution in [0.1, 0.15) is 16.6 Å². The fraction of sp³-hybridized carbons (Fsp3) is 0.0500. The Bertz CT molecular complexity index is 1170. The number of hydrogen-bond acceptors (Lipinski definition) is 6. The lowest BCUT2D eigenvalue weighted by Gasteiger charge is -2.15. The predicted octanol–water partition coefficient (Wildman–Crippen LogP) is 5.25. The summed E-state index contributed by atoms with van der Waals surface area (Å²) in [7, 11) is 0. The van der Waals surface area contributed by atoms with Crippen molar-refractivity contribution in [2.24, 2.45) is 0 Å². The van der Waals surface area contributed by atoms with Crippen LogP contribution in [0.25, 0.3) is 16.2 Å². The second-order valence-corrected chi connectivity index (χ2v) is 8.01. The first-order chi connectivity index (χ1) is 13.8. The molecule has 3 heterocycles. The van der Waals surface area contributed by atoms with Crippen LogP contribution < -0.4 is 5.32 Å². The summed E-state index contributed by atoms with van der Waals surface area (Å²) < 4.78 is 14.9. The van der Waals surface area contributed by atoms with Crippen LogP contribution in [0.4, 0.5) is 9.52 Å². The number of hydrogen-bond donors (Lipinski definition) is 1. The first-order valence-corrected chi connectivity index (χ1v) is 10.3. The van der Waals surface area contributed by atoms with Crippen molar-refractivity contribution in [2.75, 3.05) is 5.32 Å². The van der Waals surface area contributed by atoms with Gasteiger partial charge in [0.25, 0.3) is 0 Å². The third-order valence-electron chi connectivity index (χ3n) is 4.28. The topological polar surface area (TPSA) is 55.1 Å². The molecule has 0 saturated heterocycles. The molecular weight excluding hydrogens is 393 g/mol. The highest BCUT2D eigenvalue weighted by atomic mass is 32.1. The van der Waals surface area contributed by atoms with Crippen LogP contribution in [0.3, 0.4) is 0 Å². The lowest BCUT2D eigenvalue weighted by atomic mass is 10.1.